The molecule has 0 radical (unpaired) electrons. The third-order valence-electron chi connectivity index (χ3n) is 1.92. The lowest BCUT2D eigenvalue weighted by Crippen LogP contribution is -1.88. The summed E-state index contributed by atoms with van der Waals surface area (Å²) < 4.78 is 0.787. The minimum atomic E-state index is -1.03. The van der Waals surface area contributed by atoms with Gasteiger partial charge in [0, 0.05) is 0 Å². The van der Waals surface area contributed by atoms with Crippen LogP contribution in [0.15, 0.2) is 56.9 Å². The highest BCUT2D eigenvalue weighted by molar-refractivity contribution is 8.33. The normalized spacial score (nSPS) is 13.5. The van der Waals surface area contributed by atoms with Gasteiger partial charge in [0.2, 0.25) is 0 Å². The van der Waals surface area contributed by atoms with Gasteiger partial charge in [-0.15, -0.1) is 22.2 Å². The fraction of sp³-hybridized carbons (Fsp3) is 0. The maximum atomic E-state index is 11.4. The second-order valence-corrected chi connectivity index (χ2v) is 6.81. The maximum Gasteiger partial charge on any atom is 0.268 e. The van der Waals surface area contributed by atoms with Crippen molar-refractivity contribution in [3.8, 4) is 0 Å². The van der Waals surface area contributed by atoms with Crippen molar-refractivity contribution in [2.45, 2.75) is 9.10 Å². The van der Waals surface area contributed by atoms with Gasteiger partial charge in [0.05, 0.1) is 4.21 Å². The number of thiol groups is 1. The molecule has 0 aliphatic rings. The molecule has 0 saturated heterocycles. The maximum absolute atomic E-state index is 11.4. The molecule has 0 fully saturated rings. The molecule has 0 spiro atoms. The number of thiophene rings is 1. The van der Waals surface area contributed by atoms with E-state index in [-0.39, 0.29) is 4.57 Å². The smallest absolute Gasteiger partial charge is 0.268 e. The van der Waals surface area contributed by atoms with E-state index in [2.05, 4.69) is 0 Å². The van der Waals surface area contributed by atoms with E-state index in [1.165, 1.54) is 0 Å². The molecule has 0 aliphatic heterocycles. The lowest BCUT2D eigenvalue weighted by atomic mass is 10.4. The van der Waals surface area contributed by atoms with Gasteiger partial charge in [-0.1, -0.05) is 24.3 Å². The van der Waals surface area contributed by atoms with Crippen LogP contribution in [-0.2, 0) is 0 Å². The van der Waals surface area contributed by atoms with Crippen LogP contribution in [0.2, 0.25) is 0 Å². The minimum Gasteiger partial charge on any atom is -0.270 e. The Kier molecular flexibility index (Phi) is 3.46. The summed E-state index contributed by atoms with van der Waals surface area (Å²) in [4.78, 5) is 12.5. The summed E-state index contributed by atoms with van der Waals surface area (Å²) in [6.45, 7) is 0. The van der Waals surface area contributed by atoms with Gasteiger partial charge < -0.3 is 0 Å². The summed E-state index contributed by atoms with van der Waals surface area (Å²) in [5.41, 5.74) is 0. The van der Waals surface area contributed by atoms with Gasteiger partial charge in [-0.25, -0.2) is 0 Å². The molecule has 0 amide bonds. The van der Waals surface area contributed by atoms with E-state index in [9.17, 15) is 4.79 Å². The largest absolute Gasteiger partial charge is 0.270 e. The third-order valence-corrected chi connectivity index (χ3v) is 5.71. The molecule has 15 heavy (non-hydrogen) atoms. The lowest BCUT2D eigenvalue weighted by Gasteiger charge is -2.14. The van der Waals surface area contributed by atoms with Gasteiger partial charge in [-0.2, -0.15) is 0 Å². The average Bonchev–Trinajstić information content (AvgIpc) is 2.72. The first kappa shape index (κ1) is 10.7. The summed E-state index contributed by atoms with van der Waals surface area (Å²) in [5.74, 6) is 0. The van der Waals surface area contributed by atoms with Crippen LogP contribution in [0.1, 0.15) is 0 Å². The Hall–Kier alpha value is -0.770. The van der Waals surface area contributed by atoms with Crippen molar-refractivity contribution in [1.82, 2.24) is 0 Å². The Bertz CT molecular complexity index is 439. The zero-order valence-electron chi connectivity index (χ0n) is 7.76. The first-order valence-corrected chi connectivity index (χ1v) is 6.97. The van der Waals surface area contributed by atoms with Crippen LogP contribution in [0.4, 0.5) is 4.79 Å². The molecule has 4 heteroatoms. The van der Waals surface area contributed by atoms with Crippen LogP contribution >= 0.6 is 33.8 Å². The Morgan fingerprint density at radius 2 is 1.87 bits per heavy atom. The summed E-state index contributed by atoms with van der Waals surface area (Å²) in [7, 11) is -1.03. The Morgan fingerprint density at radius 3 is 2.40 bits per heavy atom. The molecule has 1 nitrogen and oxygen atoms in total. The number of benzene rings is 1. The summed E-state index contributed by atoms with van der Waals surface area (Å²) in [6.07, 6.45) is 0. The Labute approximate surface area is 100 Å². The van der Waals surface area contributed by atoms with E-state index in [4.69, 9.17) is 11.6 Å². The molecule has 1 heterocycles. The van der Waals surface area contributed by atoms with E-state index in [1.807, 2.05) is 47.8 Å². The SMILES string of the molecule is O=C(Cl)[SH](c1ccccc1)c1cccs1. The molecule has 0 N–H and O–H groups in total. The van der Waals surface area contributed by atoms with E-state index in [1.54, 1.807) is 11.3 Å². The zero-order chi connectivity index (χ0) is 10.7. The molecule has 0 bridgehead atoms. The Morgan fingerprint density at radius 1 is 1.13 bits per heavy atom. The molecule has 2 rings (SSSR count). The number of rotatable bonds is 2. The molecule has 0 aliphatic carbocycles. The van der Waals surface area contributed by atoms with Crippen molar-refractivity contribution >= 4 is 38.4 Å². The molecule has 1 unspecified atom stereocenters. The van der Waals surface area contributed by atoms with Crippen LogP contribution in [0.3, 0.4) is 0 Å². The van der Waals surface area contributed by atoms with Crippen molar-refractivity contribution in [3.63, 3.8) is 0 Å². The number of hydrogen-bond donors (Lipinski definition) is 1. The first-order chi connectivity index (χ1) is 7.29. The number of hydrogen-bond acceptors (Lipinski definition) is 2. The van der Waals surface area contributed by atoms with E-state index < -0.39 is 10.9 Å². The molecular weight excluding hydrogens is 248 g/mol. The second kappa shape index (κ2) is 4.84. The predicted molar refractivity (Wildman–Crippen MR) is 67.5 cm³/mol. The number of carbonyl (C=O) groups excluding carboxylic acids is 1. The van der Waals surface area contributed by atoms with E-state index in [0.717, 1.165) is 9.10 Å². The van der Waals surface area contributed by atoms with Gasteiger partial charge in [-0.3, -0.25) is 4.79 Å². The zero-order valence-corrected chi connectivity index (χ0v) is 10.2. The highest BCUT2D eigenvalue weighted by Gasteiger charge is 2.16. The first-order valence-electron chi connectivity index (χ1n) is 4.37. The standard InChI is InChI=1S/C11H9ClOS2/c12-11(13)15(10-7-4-8-14-10)9-5-2-1-3-6-9/h1-8,15H. The number of carbonyl (C=O) groups is 1. The topological polar surface area (TPSA) is 17.1 Å². The van der Waals surface area contributed by atoms with Crippen molar-refractivity contribution in [1.29, 1.82) is 0 Å². The van der Waals surface area contributed by atoms with E-state index in [0.29, 0.717) is 0 Å². The number of halogens is 1. The van der Waals surface area contributed by atoms with Gasteiger partial charge in [0.25, 0.3) is 4.57 Å². The van der Waals surface area contributed by atoms with Crippen molar-refractivity contribution in [3.05, 3.63) is 47.8 Å². The van der Waals surface area contributed by atoms with Crippen molar-refractivity contribution in [2.75, 3.05) is 0 Å². The fourth-order valence-corrected chi connectivity index (χ4v) is 4.96. The van der Waals surface area contributed by atoms with Crippen LogP contribution in [0.25, 0.3) is 0 Å². The minimum absolute atomic E-state index is 0.265. The van der Waals surface area contributed by atoms with Crippen LogP contribution in [0, 0.1) is 0 Å². The average molecular weight is 257 g/mol. The molecule has 1 aromatic carbocycles. The molecule has 78 valence electrons. The van der Waals surface area contributed by atoms with Gasteiger partial charge >= 0.3 is 0 Å². The van der Waals surface area contributed by atoms with Gasteiger partial charge in [0.1, 0.15) is 0 Å². The Balaban J connectivity index is 2.42. The van der Waals surface area contributed by atoms with Crippen molar-refractivity contribution in [2.24, 2.45) is 0 Å². The fourth-order valence-electron chi connectivity index (χ4n) is 1.29. The summed E-state index contributed by atoms with van der Waals surface area (Å²) in [5, 5.41) is 1.97. The lowest BCUT2D eigenvalue weighted by molar-refractivity contribution is 0.275. The van der Waals surface area contributed by atoms with Gasteiger partial charge in [0.15, 0.2) is 0 Å². The predicted octanol–water partition coefficient (Wildman–Crippen LogP) is 4.53. The van der Waals surface area contributed by atoms with Gasteiger partial charge in [-0.05, 0) is 40.1 Å². The summed E-state index contributed by atoms with van der Waals surface area (Å²) >= 11 is 7.24. The second-order valence-electron chi connectivity index (χ2n) is 2.88. The summed E-state index contributed by atoms with van der Waals surface area (Å²) in [6, 6.07) is 13.6. The highest BCUT2D eigenvalue weighted by atomic mass is 35.5. The molecular formula is C11H9ClOS2. The monoisotopic (exact) mass is 256 g/mol. The van der Waals surface area contributed by atoms with Crippen LogP contribution < -0.4 is 0 Å². The van der Waals surface area contributed by atoms with Crippen LogP contribution in [0.5, 0.6) is 0 Å². The molecule has 1 atom stereocenters. The molecule has 1 aromatic heterocycles. The highest BCUT2D eigenvalue weighted by Crippen LogP contribution is 2.48. The quantitative estimate of drug-likeness (QED) is 0.617. The van der Waals surface area contributed by atoms with E-state index >= 15 is 0 Å². The van der Waals surface area contributed by atoms with Crippen LogP contribution in [-0.4, -0.2) is 4.57 Å². The molecule has 2 aromatic rings. The van der Waals surface area contributed by atoms with Crippen molar-refractivity contribution < 1.29 is 4.79 Å². The third kappa shape index (κ3) is 2.43. The molecule has 0 saturated carbocycles.